The molecular formula is C23H13Cl2N3O2S. The maximum Gasteiger partial charge on any atom is 0.267 e. The molecule has 8 heteroatoms. The summed E-state index contributed by atoms with van der Waals surface area (Å²) in [6.07, 6.45) is 0. The van der Waals surface area contributed by atoms with Crippen molar-refractivity contribution in [1.82, 2.24) is 10.1 Å². The Bertz CT molecular complexity index is 1410. The first-order valence-corrected chi connectivity index (χ1v) is 10.8. The molecule has 0 atom stereocenters. The van der Waals surface area contributed by atoms with Gasteiger partial charge in [0.2, 0.25) is 5.82 Å². The molecule has 0 fully saturated rings. The zero-order chi connectivity index (χ0) is 21.4. The number of fused-ring (bicyclic) bond motifs is 1. The molecule has 0 aliphatic carbocycles. The van der Waals surface area contributed by atoms with Crippen LogP contribution in [0.1, 0.15) is 9.67 Å². The van der Waals surface area contributed by atoms with Gasteiger partial charge in [0.1, 0.15) is 4.88 Å². The fourth-order valence-corrected chi connectivity index (χ4v) is 4.87. The lowest BCUT2D eigenvalue weighted by molar-refractivity contribution is 0.103. The van der Waals surface area contributed by atoms with E-state index in [1.165, 1.54) is 11.3 Å². The minimum absolute atomic E-state index is 0.309. The fraction of sp³-hybridized carbons (Fsp3) is 0. The normalized spacial score (nSPS) is 11.0. The van der Waals surface area contributed by atoms with Crippen molar-refractivity contribution in [3.8, 4) is 22.8 Å². The van der Waals surface area contributed by atoms with Crippen molar-refractivity contribution in [2.75, 3.05) is 5.32 Å². The second-order valence-corrected chi connectivity index (χ2v) is 8.54. The molecule has 3 aromatic carbocycles. The third-order valence-electron chi connectivity index (χ3n) is 4.66. The van der Waals surface area contributed by atoms with E-state index in [1.807, 2.05) is 54.6 Å². The van der Waals surface area contributed by atoms with E-state index in [-0.39, 0.29) is 5.91 Å². The summed E-state index contributed by atoms with van der Waals surface area (Å²) in [5.74, 6) is 0.461. The Labute approximate surface area is 191 Å². The standard InChI is InChI=1S/C23H13Cl2N3O2S/c24-14-10-11-16-18(12-14)31-20(19(16)25)22(29)26-17-9-5-4-8-15(17)23-27-21(28-30-23)13-6-2-1-3-7-13/h1-12H,(H,26,29). The van der Waals surface area contributed by atoms with Crippen LogP contribution in [-0.4, -0.2) is 16.0 Å². The van der Waals surface area contributed by atoms with Gasteiger partial charge in [0.25, 0.3) is 11.8 Å². The fourth-order valence-electron chi connectivity index (χ4n) is 3.18. The van der Waals surface area contributed by atoms with Gasteiger partial charge in [-0.3, -0.25) is 4.79 Å². The van der Waals surface area contributed by atoms with Crippen LogP contribution in [0.15, 0.2) is 77.3 Å². The number of anilines is 1. The van der Waals surface area contributed by atoms with E-state index >= 15 is 0 Å². The Hall–Kier alpha value is -3.19. The number of hydrogen-bond donors (Lipinski definition) is 1. The van der Waals surface area contributed by atoms with Gasteiger partial charge in [-0.05, 0) is 24.3 Å². The van der Waals surface area contributed by atoms with Gasteiger partial charge < -0.3 is 9.84 Å². The average molecular weight is 466 g/mol. The number of para-hydroxylation sites is 1. The molecule has 0 aliphatic heterocycles. The van der Waals surface area contributed by atoms with E-state index in [4.69, 9.17) is 27.7 Å². The molecule has 1 amide bonds. The molecule has 1 N–H and O–H groups in total. The highest BCUT2D eigenvalue weighted by Crippen LogP contribution is 2.37. The molecule has 0 radical (unpaired) electrons. The SMILES string of the molecule is O=C(Nc1ccccc1-c1nc(-c2ccccc2)no1)c1sc2cc(Cl)ccc2c1Cl. The van der Waals surface area contributed by atoms with Crippen LogP contribution in [0.2, 0.25) is 10.0 Å². The molecule has 0 aliphatic rings. The highest BCUT2D eigenvalue weighted by atomic mass is 35.5. The molecule has 2 aromatic heterocycles. The molecule has 0 saturated carbocycles. The minimum Gasteiger partial charge on any atom is -0.334 e. The maximum absolute atomic E-state index is 13.0. The average Bonchev–Trinajstić information content (AvgIpc) is 3.40. The van der Waals surface area contributed by atoms with Crippen LogP contribution in [0.3, 0.4) is 0 Å². The summed E-state index contributed by atoms with van der Waals surface area (Å²) < 4.78 is 6.31. The van der Waals surface area contributed by atoms with Crippen molar-refractivity contribution in [1.29, 1.82) is 0 Å². The molecule has 0 saturated heterocycles. The van der Waals surface area contributed by atoms with Gasteiger partial charge in [-0.1, -0.05) is 76.9 Å². The van der Waals surface area contributed by atoms with Crippen LogP contribution in [0.25, 0.3) is 32.9 Å². The number of hydrogen-bond acceptors (Lipinski definition) is 5. The summed E-state index contributed by atoms with van der Waals surface area (Å²) in [4.78, 5) is 17.9. The van der Waals surface area contributed by atoms with Gasteiger partial charge in [-0.15, -0.1) is 11.3 Å². The van der Waals surface area contributed by atoms with Crippen molar-refractivity contribution >= 4 is 56.2 Å². The van der Waals surface area contributed by atoms with E-state index in [0.29, 0.717) is 37.9 Å². The van der Waals surface area contributed by atoms with Crippen molar-refractivity contribution in [2.24, 2.45) is 0 Å². The highest BCUT2D eigenvalue weighted by Gasteiger charge is 2.20. The first-order chi connectivity index (χ1) is 15.1. The Morgan fingerprint density at radius 2 is 1.74 bits per heavy atom. The largest absolute Gasteiger partial charge is 0.334 e. The van der Waals surface area contributed by atoms with Crippen molar-refractivity contribution in [3.63, 3.8) is 0 Å². The monoisotopic (exact) mass is 465 g/mol. The van der Waals surface area contributed by atoms with Crippen LogP contribution in [0.4, 0.5) is 5.69 Å². The van der Waals surface area contributed by atoms with Crippen LogP contribution in [-0.2, 0) is 0 Å². The number of amides is 1. The molecule has 2 heterocycles. The number of nitrogens with one attached hydrogen (secondary N) is 1. The van der Waals surface area contributed by atoms with E-state index in [9.17, 15) is 4.79 Å². The summed E-state index contributed by atoms with van der Waals surface area (Å²) in [6, 6.07) is 22.1. The summed E-state index contributed by atoms with van der Waals surface area (Å²) in [6.45, 7) is 0. The zero-order valence-corrected chi connectivity index (χ0v) is 18.1. The van der Waals surface area contributed by atoms with Crippen LogP contribution in [0.5, 0.6) is 0 Å². The third-order valence-corrected chi connectivity index (χ3v) is 6.55. The Morgan fingerprint density at radius 1 is 0.968 bits per heavy atom. The Balaban J connectivity index is 1.47. The van der Waals surface area contributed by atoms with Crippen molar-refractivity contribution < 1.29 is 9.32 Å². The van der Waals surface area contributed by atoms with Gasteiger partial charge in [0.05, 0.1) is 16.3 Å². The molecule has 152 valence electrons. The summed E-state index contributed by atoms with van der Waals surface area (Å²) in [5, 5.41) is 8.76. The first-order valence-electron chi connectivity index (χ1n) is 9.27. The predicted octanol–water partition coefficient (Wildman–Crippen LogP) is 7.18. The van der Waals surface area contributed by atoms with E-state index < -0.39 is 0 Å². The lowest BCUT2D eigenvalue weighted by Crippen LogP contribution is -2.11. The second-order valence-electron chi connectivity index (χ2n) is 6.67. The Kier molecular flexibility index (Phi) is 5.19. The van der Waals surface area contributed by atoms with Crippen LogP contribution in [0, 0.1) is 0 Å². The van der Waals surface area contributed by atoms with E-state index in [0.717, 1.165) is 15.6 Å². The number of aromatic nitrogens is 2. The minimum atomic E-state index is -0.322. The molecular weight excluding hydrogens is 453 g/mol. The van der Waals surface area contributed by atoms with Gasteiger partial charge in [-0.2, -0.15) is 4.98 Å². The first kappa shape index (κ1) is 19.8. The van der Waals surface area contributed by atoms with E-state index in [1.54, 1.807) is 18.2 Å². The molecule has 5 aromatic rings. The lowest BCUT2D eigenvalue weighted by Gasteiger charge is -2.07. The second kappa shape index (κ2) is 8.15. The van der Waals surface area contributed by atoms with Crippen molar-refractivity contribution in [2.45, 2.75) is 0 Å². The number of carbonyl (C=O) groups excluding carboxylic acids is 1. The van der Waals surface area contributed by atoms with Gasteiger partial charge in [0.15, 0.2) is 0 Å². The molecule has 31 heavy (non-hydrogen) atoms. The topological polar surface area (TPSA) is 68.0 Å². The third kappa shape index (κ3) is 3.81. The number of nitrogens with zero attached hydrogens (tertiary/aromatic N) is 2. The summed E-state index contributed by atoms with van der Waals surface area (Å²) in [5.41, 5.74) is 2.00. The zero-order valence-electron chi connectivity index (χ0n) is 15.8. The number of halogens is 2. The molecule has 0 spiro atoms. The predicted molar refractivity (Wildman–Crippen MR) is 125 cm³/mol. The number of benzene rings is 3. The molecule has 0 unspecified atom stereocenters. The van der Waals surface area contributed by atoms with Gasteiger partial charge in [0, 0.05) is 20.7 Å². The number of rotatable bonds is 4. The van der Waals surface area contributed by atoms with Gasteiger partial charge in [-0.25, -0.2) is 0 Å². The summed E-state index contributed by atoms with van der Waals surface area (Å²) >= 11 is 13.8. The Morgan fingerprint density at radius 3 is 2.58 bits per heavy atom. The van der Waals surface area contributed by atoms with Crippen LogP contribution >= 0.6 is 34.5 Å². The van der Waals surface area contributed by atoms with Gasteiger partial charge >= 0.3 is 0 Å². The maximum atomic E-state index is 13.0. The van der Waals surface area contributed by atoms with Crippen molar-refractivity contribution in [3.05, 3.63) is 87.7 Å². The summed E-state index contributed by atoms with van der Waals surface area (Å²) in [7, 11) is 0. The molecule has 0 bridgehead atoms. The lowest BCUT2D eigenvalue weighted by atomic mass is 10.1. The molecule has 5 nitrogen and oxygen atoms in total. The molecule has 5 rings (SSSR count). The highest BCUT2D eigenvalue weighted by molar-refractivity contribution is 7.21. The number of thiophene rings is 1. The quantitative estimate of drug-likeness (QED) is 0.305. The van der Waals surface area contributed by atoms with E-state index in [2.05, 4.69) is 15.5 Å². The smallest absolute Gasteiger partial charge is 0.267 e. The number of carbonyl (C=O) groups is 1. The van der Waals surface area contributed by atoms with Crippen LogP contribution < -0.4 is 5.32 Å².